The summed E-state index contributed by atoms with van der Waals surface area (Å²) in [7, 11) is -2.41. The summed E-state index contributed by atoms with van der Waals surface area (Å²) in [6.07, 6.45) is 4.92. The Morgan fingerprint density at radius 1 is 1.05 bits per heavy atom. The van der Waals surface area contributed by atoms with Crippen molar-refractivity contribution in [2.45, 2.75) is 29.8 Å². The molecule has 3 aromatic rings. The second-order valence-corrected chi connectivity index (χ2v) is 11.9. The number of carbonyl (C=O) groups is 2. The molecule has 0 radical (unpaired) electrons. The molecule has 1 N–H and O–H groups in total. The van der Waals surface area contributed by atoms with Gasteiger partial charge >= 0.3 is 5.97 Å². The number of pyridine rings is 1. The average Bonchev–Trinajstić information content (AvgIpc) is 2.92. The predicted molar refractivity (Wildman–Crippen MR) is 143 cm³/mol. The summed E-state index contributed by atoms with van der Waals surface area (Å²) in [6, 6.07) is 12.2. The molecule has 200 valence electrons. The van der Waals surface area contributed by atoms with E-state index in [0.717, 1.165) is 41.3 Å². The van der Waals surface area contributed by atoms with Crippen LogP contribution in [0.5, 0.6) is 0 Å². The van der Waals surface area contributed by atoms with Gasteiger partial charge in [-0.3, -0.25) is 14.8 Å². The second-order valence-electron chi connectivity index (χ2n) is 9.54. The van der Waals surface area contributed by atoms with Gasteiger partial charge in [0.15, 0.2) is 6.04 Å². The fourth-order valence-electron chi connectivity index (χ4n) is 5.23. The van der Waals surface area contributed by atoms with E-state index in [1.54, 1.807) is 48.7 Å². The van der Waals surface area contributed by atoms with Crippen molar-refractivity contribution in [2.75, 3.05) is 38.1 Å². The van der Waals surface area contributed by atoms with Crippen LogP contribution in [-0.2, 0) is 19.6 Å². The average molecular weight is 558 g/mol. The van der Waals surface area contributed by atoms with E-state index in [-0.39, 0.29) is 17.5 Å². The lowest BCUT2D eigenvalue weighted by molar-refractivity contribution is -0.177. The van der Waals surface area contributed by atoms with Crippen LogP contribution < -0.4 is 4.90 Å². The van der Waals surface area contributed by atoms with Crippen LogP contribution in [0.2, 0.25) is 5.02 Å². The van der Waals surface area contributed by atoms with Gasteiger partial charge < -0.3 is 10.0 Å². The molecule has 1 atom stereocenters. The molecule has 0 aliphatic carbocycles. The summed E-state index contributed by atoms with van der Waals surface area (Å²) in [5.41, 5.74) is 1.07. The molecule has 2 aliphatic heterocycles. The number of hydrogen-bond donors (Lipinski definition) is 1. The molecular weight excluding hydrogens is 530 g/mol. The number of aliphatic carboxylic acids is 1. The molecule has 3 heterocycles. The Bertz CT molecular complexity index is 1460. The maximum atomic E-state index is 13.5. The van der Waals surface area contributed by atoms with E-state index >= 15 is 0 Å². The highest BCUT2D eigenvalue weighted by molar-refractivity contribution is 7.89. The third-order valence-electron chi connectivity index (χ3n) is 7.30. The van der Waals surface area contributed by atoms with Gasteiger partial charge in [-0.15, -0.1) is 0 Å². The van der Waals surface area contributed by atoms with Crippen LogP contribution in [0, 0.1) is 0 Å². The SMILES string of the molecule is CN(C1CCN(c2ccncc2)CC1)N1C(=O)CN(S(=O)(=O)c2ccc3cc(Cl)ccc3c2)CC1C(=O)O. The molecule has 10 nitrogen and oxygen atoms in total. The molecule has 1 amide bonds. The van der Waals surface area contributed by atoms with Crippen molar-refractivity contribution in [1.82, 2.24) is 19.3 Å². The molecule has 38 heavy (non-hydrogen) atoms. The molecule has 1 aromatic heterocycles. The number of piperidine rings is 1. The van der Waals surface area contributed by atoms with Gasteiger partial charge in [0.25, 0.3) is 5.91 Å². The number of carbonyl (C=O) groups excluding carboxylic acids is 1. The number of halogens is 1. The van der Waals surface area contributed by atoms with Crippen LogP contribution in [0.3, 0.4) is 0 Å². The van der Waals surface area contributed by atoms with Gasteiger partial charge in [-0.05, 0) is 60.0 Å². The standard InChI is InChI=1S/C26H28ClN5O5S/c1-29(21-8-12-30(13-9-21)22-6-10-28-11-7-22)32-24(26(34)35)16-31(17-25(32)33)38(36,37)23-5-3-18-14-20(27)4-2-19(18)15-23/h2-7,10-11,14-15,21,24H,8-9,12-13,16-17H2,1H3,(H,34,35). The summed E-state index contributed by atoms with van der Waals surface area (Å²) in [5.74, 6) is -1.83. The maximum Gasteiger partial charge on any atom is 0.329 e. The van der Waals surface area contributed by atoms with Gasteiger partial charge in [0, 0.05) is 55.8 Å². The minimum atomic E-state index is -4.12. The van der Waals surface area contributed by atoms with Crippen LogP contribution in [0.1, 0.15) is 12.8 Å². The van der Waals surface area contributed by atoms with Crippen LogP contribution >= 0.6 is 11.6 Å². The van der Waals surface area contributed by atoms with Gasteiger partial charge in [-0.2, -0.15) is 4.31 Å². The molecule has 2 aromatic carbocycles. The molecule has 2 fully saturated rings. The zero-order valence-electron chi connectivity index (χ0n) is 20.8. The molecular formula is C26H28ClN5O5S. The first-order valence-corrected chi connectivity index (χ1v) is 14.1. The zero-order chi connectivity index (χ0) is 27.0. The minimum absolute atomic E-state index is 0.00505. The molecule has 0 saturated carbocycles. The number of carboxylic acids is 1. The Balaban J connectivity index is 1.33. The molecule has 2 saturated heterocycles. The first-order valence-electron chi connectivity index (χ1n) is 12.3. The van der Waals surface area contributed by atoms with E-state index in [4.69, 9.17) is 11.6 Å². The number of hydrazine groups is 1. The normalized spacial score (nSPS) is 19.9. The topological polar surface area (TPSA) is 114 Å². The van der Waals surface area contributed by atoms with Crippen molar-refractivity contribution in [3.05, 3.63) is 65.9 Å². The third-order valence-corrected chi connectivity index (χ3v) is 9.34. The van der Waals surface area contributed by atoms with Crippen molar-refractivity contribution in [2.24, 2.45) is 0 Å². The lowest BCUT2D eigenvalue weighted by atomic mass is 10.0. The minimum Gasteiger partial charge on any atom is -0.480 e. The Morgan fingerprint density at radius 2 is 1.71 bits per heavy atom. The number of carboxylic acid groups (broad SMARTS) is 1. The Labute approximate surface area is 226 Å². The summed E-state index contributed by atoms with van der Waals surface area (Å²) >= 11 is 6.03. The van der Waals surface area contributed by atoms with Crippen LogP contribution in [-0.4, -0.2) is 90.0 Å². The maximum absolute atomic E-state index is 13.5. The van der Waals surface area contributed by atoms with E-state index < -0.39 is 34.5 Å². The largest absolute Gasteiger partial charge is 0.480 e. The van der Waals surface area contributed by atoms with Crippen molar-refractivity contribution in [1.29, 1.82) is 0 Å². The lowest BCUT2D eigenvalue weighted by Crippen LogP contribution is -2.66. The molecule has 2 aliphatic rings. The summed E-state index contributed by atoms with van der Waals surface area (Å²) in [6.45, 7) is 0.701. The summed E-state index contributed by atoms with van der Waals surface area (Å²) < 4.78 is 27.9. The monoisotopic (exact) mass is 557 g/mol. The zero-order valence-corrected chi connectivity index (χ0v) is 22.3. The number of hydrogen-bond acceptors (Lipinski definition) is 7. The van der Waals surface area contributed by atoms with E-state index in [9.17, 15) is 23.1 Å². The smallest absolute Gasteiger partial charge is 0.329 e. The molecule has 1 unspecified atom stereocenters. The third kappa shape index (κ3) is 5.06. The van der Waals surface area contributed by atoms with Crippen LogP contribution in [0.25, 0.3) is 10.8 Å². The highest BCUT2D eigenvalue weighted by atomic mass is 35.5. The number of anilines is 1. The van der Waals surface area contributed by atoms with Crippen molar-refractivity contribution in [3.8, 4) is 0 Å². The second kappa shape index (κ2) is 10.5. The molecule has 0 bridgehead atoms. The number of nitrogens with zero attached hydrogens (tertiary/aromatic N) is 5. The summed E-state index contributed by atoms with van der Waals surface area (Å²) in [4.78, 5) is 31.9. The first-order chi connectivity index (χ1) is 18.1. The van der Waals surface area contributed by atoms with E-state index in [1.165, 1.54) is 17.1 Å². The van der Waals surface area contributed by atoms with Gasteiger partial charge in [-0.1, -0.05) is 23.7 Å². The van der Waals surface area contributed by atoms with Crippen molar-refractivity contribution < 1.29 is 23.1 Å². The number of piperazine rings is 1. The van der Waals surface area contributed by atoms with Gasteiger partial charge in [0.1, 0.15) is 0 Å². The van der Waals surface area contributed by atoms with Crippen molar-refractivity contribution >= 4 is 50.0 Å². The van der Waals surface area contributed by atoms with E-state index in [2.05, 4.69) is 9.88 Å². The number of fused-ring (bicyclic) bond motifs is 1. The van der Waals surface area contributed by atoms with Gasteiger partial charge in [-0.25, -0.2) is 18.2 Å². The Hall–Kier alpha value is -3.25. The Kier molecular flexibility index (Phi) is 7.28. The van der Waals surface area contributed by atoms with E-state index in [0.29, 0.717) is 10.4 Å². The molecule has 0 spiro atoms. The highest BCUT2D eigenvalue weighted by Gasteiger charge is 2.45. The van der Waals surface area contributed by atoms with Crippen LogP contribution in [0.15, 0.2) is 65.8 Å². The number of aromatic nitrogens is 1. The quantitative estimate of drug-likeness (QED) is 0.492. The number of sulfonamides is 1. The fourth-order valence-corrected chi connectivity index (χ4v) is 6.84. The number of amides is 1. The molecule has 5 rings (SSSR count). The number of rotatable bonds is 6. The Morgan fingerprint density at radius 3 is 2.39 bits per heavy atom. The van der Waals surface area contributed by atoms with Crippen LogP contribution in [0.4, 0.5) is 5.69 Å². The lowest BCUT2D eigenvalue weighted by Gasteiger charge is -2.47. The number of benzene rings is 2. The predicted octanol–water partition coefficient (Wildman–Crippen LogP) is 2.69. The van der Waals surface area contributed by atoms with Crippen molar-refractivity contribution in [3.63, 3.8) is 0 Å². The fraction of sp³-hybridized carbons (Fsp3) is 0.346. The van der Waals surface area contributed by atoms with E-state index in [1.807, 2.05) is 12.1 Å². The van der Waals surface area contributed by atoms with Gasteiger partial charge in [0.05, 0.1) is 11.4 Å². The summed E-state index contributed by atoms with van der Waals surface area (Å²) in [5, 5.41) is 14.9. The molecule has 12 heteroatoms. The highest BCUT2D eigenvalue weighted by Crippen LogP contribution is 2.28. The van der Waals surface area contributed by atoms with Gasteiger partial charge in [0.2, 0.25) is 10.0 Å². The first kappa shape index (κ1) is 26.4.